The minimum Gasteiger partial charge on any atom is -0.494 e. The first kappa shape index (κ1) is 51.5. The van der Waals surface area contributed by atoms with Gasteiger partial charge < -0.3 is 9.64 Å². The van der Waals surface area contributed by atoms with Gasteiger partial charge in [-0.15, -0.1) is 22.7 Å². The summed E-state index contributed by atoms with van der Waals surface area (Å²) < 4.78 is 38.9. The Kier molecular flexibility index (Phi) is 20.2. The molecular weight excluding hydrogens is 895 g/mol. The van der Waals surface area contributed by atoms with Crippen LogP contribution >= 0.6 is 22.7 Å². The van der Waals surface area contributed by atoms with Gasteiger partial charge in [0, 0.05) is 36.6 Å². The molecule has 0 saturated heterocycles. The molecule has 0 radical (unpaired) electrons. The van der Waals surface area contributed by atoms with E-state index in [2.05, 4.69) is 104 Å². The van der Waals surface area contributed by atoms with E-state index in [0.717, 1.165) is 69.6 Å². The molecule has 5 nitrogen and oxygen atoms in total. The van der Waals surface area contributed by atoms with E-state index in [-0.39, 0.29) is 11.1 Å². The van der Waals surface area contributed by atoms with Crippen LogP contribution in [0, 0.1) is 18.6 Å². The molecule has 0 saturated carbocycles. The number of anilines is 3. The fraction of sp³-hybridized carbons (Fsp3) is 0.400. The van der Waals surface area contributed by atoms with Crippen molar-refractivity contribution in [1.29, 1.82) is 0 Å². The highest BCUT2D eigenvalue weighted by molar-refractivity contribution is 7.16. The fourth-order valence-electron chi connectivity index (χ4n) is 8.95. The van der Waals surface area contributed by atoms with Gasteiger partial charge in [-0.3, -0.25) is 0 Å². The molecule has 69 heavy (non-hydrogen) atoms. The summed E-state index contributed by atoms with van der Waals surface area (Å²) >= 11 is 2.87. The van der Waals surface area contributed by atoms with Crippen molar-refractivity contribution in [2.24, 2.45) is 0 Å². The lowest BCUT2D eigenvalue weighted by atomic mass is 10.0. The number of thiophene rings is 2. The standard InChI is InChI=1S/C60H72F2N4OS2/c1-5-8-10-12-13-14-15-16-17-18-19-20-21-22-43-65-63-59-55(53-41-25-45(4)68-53)57(61)58(62)56(60(59)64-65)54-42-40-52(69-54)39-30-47-28-33-49(34-29-47)66(48-31-26-46(24-7-3)27-32-48)50-35-37-51(38-36-50)67-44-23-11-9-6-2/h7,24-42H,5-6,8-23,43-44H2,1-4H3/b24-7+,39-30+. The van der Waals surface area contributed by atoms with Gasteiger partial charge in [0.1, 0.15) is 16.8 Å². The van der Waals surface area contributed by atoms with Gasteiger partial charge in [-0.2, -0.15) is 15.0 Å². The van der Waals surface area contributed by atoms with E-state index in [4.69, 9.17) is 14.9 Å². The molecule has 0 spiro atoms. The maximum Gasteiger partial charge on any atom is 0.170 e. The monoisotopic (exact) mass is 967 g/mol. The van der Waals surface area contributed by atoms with Crippen LogP contribution in [0.15, 0.2) is 103 Å². The van der Waals surface area contributed by atoms with Crippen molar-refractivity contribution in [3.8, 4) is 26.6 Å². The summed E-state index contributed by atoms with van der Waals surface area (Å²) in [4.78, 5) is 7.13. The molecule has 7 aromatic rings. The van der Waals surface area contributed by atoms with Crippen molar-refractivity contribution in [1.82, 2.24) is 15.0 Å². The number of fused-ring (bicyclic) bond motifs is 1. The van der Waals surface area contributed by atoms with Crippen LogP contribution in [0.5, 0.6) is 5.75 Å². The topological polar surface area (TPSA) is 43.2 Å². The van der Waals surface area contributed by atoms with Gasteiger partial charge in [-0.1, -0.05) is 159 Å². The molecule has 3 aromatic heterocycles. The van der Waals surface area contributed by atoms with E-state index >= 15 is 8.78 Å². The van der Waals surface area contributed by atoms with Gasteiger partial charge >= 0.3 is 0 Å². The number of ether oxygens (including phenoxy) is 1. The van der Waals surface area contributed by atoms with Gasteiger partial charge in [-0.05, 0) is 117 Å². The Hall–Kier alpha value is -5.38. The van der Waals surface area contributed by atoms with Crippen LogP contribution in [-0.2, 0) is 6.54 Å². The number of aromatic nitrogens is 3. The normalized spacial score (nSPS) is 11.8. The summed E-state index contributed by atoms with van der Waals surface area (Å²) in [7, 11) is 0. The van der Waals surface area contributed by atoms with Crippen molar-refractivity contribution in [2.45, 2.75) is 150 Å². The molecule has 9 heteroatoms. The predicted octanol–water partition coefficient (Wildman–Crippen LogP) is 19.6. The average Bonchev–Trinajstić information content (AvgIpc) is 4.13. The van der Waals surface area contributed by atoms with Crippen LogP contribution in [0.3, 0.4) is 0 Å². The first-order chi connectivity index (χ1) is 33.9. The third kappa shape index (κ3) is 14.6. The van der Waals surface area contributed by atoms with Crippen LogP contribution in [0.2, 0.25) is 0 Å². The highest BCUT2D eigenvalue weighted by atomic mass is 32.1. The van der Waals surface area contributed by atoms with E-state index in [1.165, 1.54) is 119 Å². The maximum absolute atomic E-state index is 16.5. The van der Waals surface area contributed by atoms with Crippen LogP contribution in [0.4, 0.5) is 25.8 Å². The molecule has 0 aliphatic rings. The molecule has 0 fully saturated rings. The lowest BCUT2D eigenvalue weighted by Crippen LogP contribution is -2.10. The minimum atomic E-state index is -0.884. The smallest absolute Gasteiger partial charge is 0.170 e. The van der Waals surface area contributed by atoms with Crippen molar-refractivity contribution < 1.29 is 13.5 Å². The van der Waals surface area contributed by atoms with Crippen LogP contribution < -0.4 is 9.64 Å². The molecule has 0 unspecified atom stereocenters. The summed E-state index contributed by atoms with van der Waals surface area (Å²) in [6.45, 7) is 9.83. The molecule has 4 aromatic carbocycles. The number of aryl methyl sites for hydroxylation is 2. The first-order valence-electron chi connectivity index (χ1n) is 25.8. The maximum atomic E-state index is 16.5. The summed E-state index contributed by atoms with van der Waals surface area (Å²) in [5, 5.41) is 9.71. The lowest BCUT2D eigenvalue weighted by molar-refractivity contribution is 0.305. The second-order valence-electron chi connectivity index (χ2n) is 18.3. The highest BCUT2D eigenvalue weighted by Crippen LogP contribution is 2.43. The molecule has 0 amide bonds. The third-order valence-electron chi connectivity index (χ3n) is 12.8. The zero-order chi connectivity index (χ0) is 48.2. The summed E-state index contributed by atoms with van der Waals surface area (Å²) in [6, 6.07) is 33.0. The Morgan fingerprint density at radius 2 is 0.986 bits per heavy atom. The second-order valence-corrected chi connectivity index (χ2v) is 20.7. The van der Waals surface area contributed by atoms with E-state index in [1.807, 2.05) is 50.3 Å². The van der Waals surface area contributed by atoms with E-state index in [0.29, 0.717) is 27.3 Å². The quantitative estimate of drug-likeness (QED) is 0.0439. The molecule has 0 aliphatic carbocycles. The SMILES string of the molecule is C/C=C/c1ccc(N(c2ccc(/C=C/c3ccc(-c4c(F)c(F)c(-c5ccc(C)s5)c5nn(CCCCCCCCCCCCCCCC)nc45)s3)cc2)c2ccc(OCCCCCC)cc2)cc1. The van der Waals surface area contributed by atoms with E-state index in [9.17, 15) is 0 Å². The summed E-state index contributed by atoms with van der Waals surface area (Å²) in [5.41, 5.74) is 6.46. The highest BCUT2D eigenvalue weighted by Gasteiger charge is 2.27. The number of hydrogen-bond donors (Lipinski definition) is 0. The molecular formula is C60H72F2N4OS2. The largest absolute Gasteiger partial charge is 0.494 e. The van der Waals surface area contributed by atoms with Crippen LogP contribution in [0.1, 0.15) is 157 Å². The molecule has 0 aliphatic heterocycles. The van der Waals surface area contributed by atoms with Crippen molar-refractivity contribution in [2.75, 3.05) is 11.5 Å². The fourth-order valence-corrected chi connectivity index (χ4v) is 10.8. The van der Waals surface area contributed by atoms with E-state index in [1.54, 1.807) is 4.80 Å². The van der Waals surface area contributed by atoms with Crippen molar-refractivity contribution in [3.05, 3.63) is 136 Å². The average molecular weight is 967 g/mol. The second kappa shape index (κ2) is 27.1. The van der Waals surface area contributed by atoms with E-state index < -0.39 is 11.6 Å². The molecule has 364 valence electrons. The van der Waals surface area contributed by atoms with Crippen molar-refractivity contribution >= 4 is 69.0 Å². The summed E-state index contributed by atoms with van der Waals surface area (Å²) in [6.07, 6.45) is 30.9. The summed E-state index contributed by atoms with van der Waals surface area (Å²) in [5.74, 6) is -0.885. The predicted molar refractivity (Wildman–Crippen MR) is 294 cm³/mol. The van der Waals surface area contributed by atoms with Gasteiger partial charge in [0.05, 0.1) is 24.3 Å². The molecule has 7 rings (SSSR count). The number of unbranched alkanes of at least 4 members (excludes halogenated alkanes) is 16. The zero-order valence-electron chi connectivity index (χ0n) is 41.5. The molecule has 0 atom stereocenters. The zero-order valence-corrected chi connectivity index (χ0v) is 43.1. The number of nitrogens with zero attached hydrogens (tertiary/aromatic N) is 4. The number of allylic oxidation sites excluding steroid dienone is 1. The Morgan fingerprint density at radius 3 is 1.49 bits per heavy atom. The van der Waals surface area contributed by atoms with Gasteiger partial charge in [-0.25, -0.2) is 8.78 Å². The molecule has 0 N–H and O–H groups in total. The van der Waals surface area contributed by atoms with Crippen molar-refractivity contribution in [3.63, 3.8) is 0 Å². The third-order valence-corrected chi connectivity index (χ3v) is 14.9. The lowest BCUT2D eigenvalue weighted by Gasteiger charge is -2.26. The number of halogens is 2. The van der Waals surface area contributed by atoms with Gasteiger partial charge in [0.25, 0.3) is 0 Å². The number of hydrogen-bond acceptors (Lipinski definition) is 6. The number of rotatable bonds is 29. The number of benzene rings is 4. The van der Waals surface area contributed by atoms with Gasteiger partial charge in [0.2, 0.25) is 0 Å². The first-order valence-corrected chi connectivity index (χ1v) is 27.5. The van der Waals surface area contributed by atoms with Crippen LogP contribution in [0.25, 0.3) is 50.1 Å². The van der Waals surface area contributed by atoms with Gasteiger partial charge in [0.15, 0.2) is 11.6 Å². The molecule has 3 heterocycles. The Labute approximate surface area is 419 Å². The molecule has 0 bridgehead atoms. The Morgan fingerprint density at radius 1 is 0.522 bits per heavy atom. The Bertz CT molecular complexity index is 2680. The minimum absolute atomic E-state index is 0.172. The Balaban J connectivity index is 1.03. The van der Waals surface area contributed by atoms with Crippen LogP contribution in [-0.4, -0.2) is 21.6 Å².